The second-order valence-electron chi connectivity index (χ2n) is 13.3. The molecule has 0 aliphatic carbocycles. The van der Waals surface area contributed by atoms with Crippen LogP contribution in [-0.4, -0.2) is 0 Å². The molecule has 0 radical (unpaired) electrons. The van der Waals surface area contributed by atoms with Crippen LogP contribution in [0.5, 0.6) is 0 Å². The molecule has 0 bridgehead atoms. The third-order valence-electron chi connectivity index (χ3n) is 9.81. The third kappa shape index (κ3) is 7.34. The zero-order valence-electron chi connectivity index (χ0n) is 27.3. The van der Waals surface area contributed by atoms with Crippen LogP contribution in [0.2, 0.25) is 0 Å². The van der Waals surface area contributed by atoms with E-state index in [0.29, 0.717) is 0 Å². The van der Waals surface area contributed by atoms with Crippen molar-refractivity contribution in [2.75, 3.05) is 0 Å². The van der Waals surface area contributed by atoms with Gasteiger partial charge >= 0.3 is 0 Å². The third-order valence-corrected chi connectivity index (χ3v) is 12.3. The lowest BCUT2D eigenvalue weighted by atomic mass is 9.96. The van der Waals surface area contributed by atoms with E-state index in [2.05, 4.69) is 74.5 Å². The maximum absolute atomic E-state index is 2.46. The van der Waals surface area contributed by atoms with Gasteiger partial charge in [-0.15, -0.1) is 22.7 Å². The molecule has 0 fully saturated rings. The molecule has 2 aromatic heterocycles. The van der Waals surface area contributed by atoms with Gasteiger partial charge in [-0.2, -0.15) is 0 Å². The summed E-state index contributed by atoms with van der Waals surface area (Å²) in [6, 6.07) is 24.0. The largest absolute Gasteiger partial charge is 0.140 e. The molecule has 4 aromatic carbocycles. The highest BCUT2D eigenvalue weighted by Crippen LogP contribution is 2.41. The number of rotatable bonds is 18. The first-order valence-electron chi connectivity index (χ1n) is 18.0. The summed E-state index contributed by atoms with van der Waals surface area (Å²) < 4.78 is 2.94. The molecule has 0 aliphatic rings. The fourth-order valence-corrected chi connectivity index (χ4v) is 9.71. The van der Waals surface area contributed by atoms with Gasteiger partial charge in [0.25, 0.3) is 0 Å². The molecule has 0 aliphatic heterocycles. The molecule has 232 valence electrons. The average Bonchev–Trinajstić information content (AvgIpc) is 3.67. The number of aryl methyl sites for hydroxylation is 2. The molecule has 0 spiro atoms. The minimum Gasteiger partial charge on any atom is -0.140 e. The summed E-state index contributed by atoms with van der Waals surface area (Å²) in [7, 11) is 0. The van der Waals surface area contributed by atoms with Gasteiger partial charge in [0.2, 0.25) is 0 Å². The van der Waals surface area contributed by atoms with E-state index in [1.807, 2.05) is 22.7 Å². The summed E-state index contributed by atoms with van der Waals surface area (Å²) in [5, 5.41) is 11.3. The van der Waals surface area contributed by atoms with Gasteiger partial charge in [-0.1, -0.05) is 152 Å². The molecule has 2 heterocycles. The monoisotopic (exact) mass is 620 g/mol. The van der Waals surface area contributed by atoms with Gasteiger partial charge in [-0.3, -0.25) is 0 Å². The van der Waals surface area contributed by atoms with Crippen molar-refractivity contribution < 1.29 is 0 Å². The van der Waals surface area contributed by atoms with Crippen LogP contribution < -0.4 is 0 Å². The number of unbranched alkanes of at least 4 members (excludes halogenated alkanes) is 14. The lowest BCUT2D eigenvalue weighted by molar-refractivity contribution is 0.576. The maximum atomic E-state index is 2.46. The normalized spacial score (nSPS) is 12.1. The average molecular weight is 621 g/mol. The number of hydrogen-bond donors (Lipinski definition) is 0. The topological polar surface area (TPSA) is 0 Å². The van der Waals surface area contributed by atoms with E-state index >= 15 is 0 Å². The Bertz CT molecular complexity index is 1670. The predicted molar refractivity (Wildman–Crippen MR) is 202 cm³/mol. The number of fused-ring (bicyclic) bond motifs is 9. The highest BCUT2D eigenvalue weighted by atomic mass is 32.1. The van der Waals surface area contributed by atoms with Crippen molar-refractivity contribution in [3.05, 3.63) is 70.4 Å². The van der Waals surface area contributed by atoms with E-state index in [-0.39, 0.29) is 0 Å². The Balaban J connectivity index is 1.16. The van der Waals surface area contributed by atoms with E-state index in [0.717, 1.165) is 0 Å². The Morgan fingerprint density at radius 3 is 1.09 bits per heavy atom. The summed E-state index contributed by atoms with van der Waals surface area (Å²) in [5.41, 5.74) is 0. The van der Waals surface area contributed by atoms with E-state index in [9.17, 15) is 0 Å². The summed E-state index contributed by atoms with van der Waals surface area (Å²) in [4.78, 5) is 3.11. The number of benzene rings is 4. The second kappa shape index (κ2) is 15.7. The Labute approximate surface area is 273 Å². The zero-order valence-corrected chi connectivity index (χ0v) is 29.0. The van der Waals surface area contributed by atoms with Crippen LogP contribution in [0.4, 0.5) is 0 Å². The Kier molecular flexibility index (Phi) is 11.3. The quantitative estimate of drug-likeness (QED) is 0.0662. The molecule has 0 nitrogen and oxygen atoms in total. The van der Waals surface area contributed by atoms with Crippen molar-refractivity contribution in [3.8, 4) is 0 Å². The fraction of sp³-hybridized carbons (Fsp3) is 0.476. The molecule has 0 N–H and O–H groups in total. The minimum atomic E-state index is 1.23. The van der Waals surface area contributed by atoms with Gasteiger partial charge in [-0.05, 0) is 70.1 Å². The molecule has 44 heavy (non-hydrogen) atoms. The Hall–Kier alpha value is -2.42. The first-order chi connectivity index (χ1) is 21.8. The van der Waals surface area contributed by atoms with Crippen molar-refractivity contribution in [3.63, 3.8) is 0 Å². The molecule has 0 amide bonds. The van der Waals surface area contributed by atoms with E-state index in [1.165, 1.54) is 168 Å². The molecular weight excluding hydrogens is 569 g/mol. The van der Waals surface area contributed by atoms with Crippen LogP contribution >= 0.6 is 22.7 Å². The van der Waals surface area contributed by atoms with E-state index in [1.54, 1.807) is 9.75 Å². The molecular formula is C42H52S2. The van der Waals surface area contributed by atoms with Crippen LogP contribution in [-0.2, 0) is 12.8 Å². The smallest absolute Gasteiger partial charge is 0.0424 e. The minimum absolute atomic E-state index is 1.23. The van der Waals surface area contributed by atoms with E-state index in [4.69, 9.17) is 0 Å². The first-order valence-corrected chi connectivity index (χ1v) is 19.6. The van der Waals surface area contributed by atoms with Crippen molar-refractivity contribution in [1.29, 1.82) is 0 Å². The predicted octanol–water partition coefficient (Wildman–Crippen LogP) is 14.9. The van der Waals surface area contributed by atoms with Gasteiger partial charge in [-0.25, -0.2) is 0 Å². The SMILES string of the molecule is CCCCCCCCCCc1cc2ccc3c4ccc5c(ccc6cc(CCCCCCCCCC)sc65)c4ccc3c2s1. The highest BCUT2D eigenvalue weighted by Gasteiger charge is 2.13. The summed E-state index contributed by atoms with van der Waals surface area (Å²) in [6.07, 6.45) is 24.6. The fourth-order valence-electron chi connectivity index (χ4n) is 7.25. The maximum Gasteiger partial charge on any atom is 0.0424 e. The molecule has 0 saturated carbocycles. The van der Waals surface area contributed by atoms with Crippen LogP contribution in [0.25, 0.3) is 52.5 Å². The number of hydrogen-bond acceptors (Lipinski definition) is 2. The summed E-state index contributed by atoms with van der Waals surface area (Å²) in [6.45, 7) is 4.60. The molecule has 6 rings (SSSR count). The van der Waals surface area contributed by atoms with Crippen molar-refractivity contribution in [2.24, 2.45) is 0 Å². The summed E-state index contributed by atoms with van der Waals surface area (Å²) in [5.74, 6) is 0. The van der Waals surface area contributed by atoms with Gasteiger partial charge < -0.3 is 0 Å². The van der Waals surface area contributed by atoms with Crippen molar-refractivity contribution in [2.45, 2.75) is 129 Å². The first kappa shape index (κ1) is 31.6. The molecule has 0 unspecified atom stereocenters. The van der Waals surface area contributed by atoms with Crippen LogP contribution in [0.3, 0.4) is 0 Å². The van der Waals surface area contributed by atoms with Gasteiger partial charge in [0.05, 0.1) is 0 Å². The van der Waals surface area contributed by atoms with Crippen LogP contribution in [0, 0.1) is 0 Å². The standard InChI is InChI=1S/C42H52S2/c1-3-5-7-9-11-13-15-17-19-33-29-31-21-23-37-35-26-28-40-38(36(35)25-27-39(37)41(31)43-33)24-22-32-30-34(44-42(32)40)20-18-16-14-12-10-8-6-4-2/h21-30H,3-20H2,1-2H3. The molecule has 0 atom stereocenters. The zero-order chi connectivity index (χ0) is 30.1. The van der Waals surface area contributed by atoms with Crippen molar-refractivity contribution >= 4 is 75.2 Å². The van der Waals surface area contributed by atoms with Gasteiger partial charge in [0.15, 0.2) is 0 Å². The second-order valence-corrected chi connectivity index (χ2v) is 15.5. The van der Waals surface area contributed by atoms with Crippen LogP contribution in [0.1, 0.15) is 126 Å². The van der Waals surface area contributed by atoms with Gasteiger partial charge in [0, 0.05) is 29.9 Å². The molecule has 0 saturated heterocycles. The lowest BCUT2D eigenvalue weighted by Crippen LogP contribution is -1.83. The number of thiophene rings is 2. The highest BCUT2D eigenvalue weighted by molar-refractivity contribution is 7.20. The van der Waals surface area contributed by atoms with E-state index < -0.39 is 0 Å². The van der Waals surface area contributed by atoms with Crippen molar-refractivity contribution in [1.82, 2.24) is 0 Å². The molecule has 6 aromatic rings. The van der Waals surface area contributed by atoms with Crippen LogP contribution in [0.15, 0.2) is 60.7 Å². The molecule has 2 heteroatoms. The summed E-state index contributed by atoms with van der Waals surface area (Å²) >= 11 is 4.07. The Morgan fingerprint density at radius 1 is 0.364 bits per heavy atom. The van der Waals surface area contributed by atoms with Gasteiger partial charge in [0.1, 0.15) is 0 Å². The Morgan fingerprint density at radius 2 is 0.682 bits per heavy atom. The lowest BCUT2D eigenvalue weighted by Gasteiger charge is -2.09.